The molecule has 0 amide bonds. The standard InChI is InChI=1S/C16H16Cl3N5O3/c17-10-2-1-9(7-11(10)18)8-20-16-21-12-13(15(26)22-16)24(23-14(12)19)3-5-27-6-4-25/h1-2,7,25H,3-6,8H2,(H2,20,21,22,26). The van der Waals surface area contributed by atoms with Crippen molar-refractivity contribution in [3.8, 4) is 0 Å². The highest BCUT2D eigenvalue weighted by Gasteiger charge is 2.15. The molecular formula is C16H16Cl3N5O3. The molecule has 0 saturated carbocycles. The number of nitrogens with one attached hydrogen (secondary N) is 2. The Morgan fingerprint density at radius 3 is 2.78 bits per heavy atom. The Hall–Kier alpha value is -1.84. The summed E-state index contributed by atoms with van der Waals surface area (Å²) >= 11 is 18.0. The Morgan fingerprint density at radius 1 is 1.22 bits per heavy atom. The summed E-state index contributed by atoms with van der Waals surface area (Å²) in [5, 5.41) is 16.9. The number of aliphatic hydroxyl groups excluding tert-OH is 1. The van der Waals surface area contributed by atoms with Crippen molar-refractivity contribution in [3.63, 3.8) is 0 Å². The number of aromatic nitrogens is 4. The number of H-pyrrole nitrogens is 1. The molecule has 0 aliphatic carbocycles. The minimum atomic E-state index is -0.377. The molecule has 0 aliphatic heterocycles. The zero-order valence-corrected chi connectivity index (χ0v) is 16.3. The number of fused-ring (bicyclic) bond motifs is 1. The fourth-order valence-electron chi connectivity index (χ4n) is 2.45. The third kappa shape index (κ3) is 4.72. The Labute approximate surface area is 169 Å². The predicted octanol–water partition coefficient (Wildman–Crippen LogP) is 2.70. The molecule has 2 aromatic heterocycles. The van der Waals surface area contributed by atoms with Gasteiger partial charge in [-0.05, 0) is 17.7 Å². The number of nitrogens with zero attached hydrogens (tertiary/aromatic N) is 3. The first-order chi connectivity index (χ1) is 13.0. The van der Waals surface area contributed by atoms with Crippen LogP contribution in [0.25, 0.3) is 11.0 Å². The molecule has 0 aliphatic rings. The van der Waals surface area contributed by atoms with Crippen molar-refractivity contribution < 1.29 is 9.84 Å². The van der Waals surface area contributed by atoms with Crippen LogP contribution in [0.1, 0.15) is 5.56 Å². The van der Waals surface area contributed by atoms with E-state index in [-0.39, 0.29) is 42.0 Å². The van der Waals surface area contributed by atoms with Crippen molar-refractivity contribution >= 4 is 51.8 Å². The molecule has 27 heavy (non-hydrogen) atoms. The lowest BCUT2D eigenvalue weighted by Gasteiger charge is -2.07. The van der Waals surface area contributed by atoms with Crippen molar-refractivity contribution in [3.05, 3.63) is 49.3 Å². The first kappa shape index (κ1) is 19.9. The number of aromatic amines is 1. The van der Waals surface area contributed by atoms with Gasteiger partial charge in [0.15, 0.2) is 10.7 Å². The van der Waals surface area contributed by atoms with Gasteiger partial charge >= 0.3 is 0 Å². The van der Waals surface area contributed by atoms with Gasteiger partial charge in [-0.25, -0.2) is 4.98 Å². The molecule has 0 atom stereocenters. The average Bonchev–Trinajstić information content (AvgIpc) is 2.96. The highest BCUT2D eigenvalue weighted by molar-refractivity contribution is 6.42. The van der Waals surface area contributed by atoms with Gasteiger partial charge in [-0.3, -0.25) is 14.5 Å². The number of rotatable bonds is 8. The number of anilines is 1. The SMILES string of the molecule is O=c1[nH]c(NCc2ccc(Cl)c(Cl)c2)nc2c(Cl)nn(CCOCCO)c12. The van der Waals surface area contributed by atoms with Crippen molar-refractivity contribution in [2.45, 2.75) is 13.1 Å². The maximum atomic E-state index is 12.5. The summed E-state index contributed by atoms with van der Waals surface area (Å²) in [4.78, 5) is 19.5. The Morgan fingerprint density at radius 2 is 2.04 bits per heavy atom. The Bertz CT molecular complexity index is 1000. The molecule has 1 aromatic carbocycles. The fourth-order valence-corrected chi connectivity index (χ4v) is 3.00. The monoisotopic (exact) mass is 431 g/mol. The summed E-state index contributed by atoms with van der Waals surface area (Å²) in [6.45, 7) is 1.11. The number of aliphatic hydroxyl groups is 1. The predicted molar refractivity (Wildman–Crippen MR) is 105 cm³/mol. The Kier molecular flexibility index (Phi) is 6.56. The molecule has 0 bridgehead atoms. The van der Waals surface area contributed by atoms with E-state index >= 15 is 0 Å². The maximum Gasteiger partial charge on any atom is 0.278 e. The molecular weight excluding hydrogens is 417 g/mol. The number of halogens is 3. The van der Waals surface area contributed by atoms with Crippen LogP contribution in [0.2, 0.25) is 15.2 Å². The van der Waals surface area contributed by atoms with E-state index in [9.17, 15) is 4.79 Å². The number of hydrogen-bond acceptors (Lipinski definition) is 6. The lowest BCUT2D eigenvalue weighted by molar-refractivity contribution is 0.0859. The first-order valence-corrected chi connectivity index (χ1v) is 9.15. The van der Waals surface area contributed by atoms with E-state index < -0.39 is 0 Å². The lowest BCUT2D eigenvalue weighted by Crippen LogP contribution is -2.17. The molecule has 0 unspecified atom stereocenters. The zero-order chi connectivity index (χ0) is 19.4. The third-order valence-electron chi connectivity index (χ3n) is 3.68. The van der Waals surface area contributed by atoms with Gasteiger partial charge in [-0.1, -0.05) is 40.9 Å². The summed E-state index contributed by atoms with van der Waals surface area (Å²) < 4.78 is 6.63. The zero-order valence-electron chi connectivity index (χ0n) is 14.0. The molecule has 8 nitrogen and oxygen atoms in total. The van der Waals surface area contributed by atoms with Crippen molar-refractivity contribution in [2.75, 3.05) is 25.1 Å². The lowest BCUT2D eigenvalue weighted by atomic mass is 10.2. The van der Waals surface area contributed by atoms with Crippen LogP contribution in [0.5, 0.6) is 0 Å². The summed E-state index contributed by atoms with van der Waals surface area (Å²) in [5.41, 5.74) is 1.04. The highest BCUT2D eigenvalue weighted by atomic mass is 35.5. The third-order valence-corrected chi connectivity index (χ3v) is 4.68. The van der Waals surface area contributed by atoms with Gasteiger partial charge < -0.3 is 15.2 Å². The van der Waals surface area contributed by atoms with Crippen LogP contribution < -0.4 is 10.9 Å². The normalized spacial score (nSPS) is 11.3. The molecule has 3 aromatic rings. The summed E-state index contributed by atoms with van der Waals surface area (Å²) in [6, 6.07) is 5.24. The molecule has 3 rings (SSSR count). The fraction of sp³-hybridized carbons (Fsp3) is 0.312. The van der Waals surface area contributed by atoms with Gasteiger partial charge in [0.1, 0.15) is 5.52 Å². The van der Waals surface area contributed by atoms with Gasteiger partial charge in [0, 0.05) is 6.54 Å². The van der Waals surface area contributed by atoms with Crippen LogP contribution in [0.4, 0.5) is 5.95 Å². The number of ether oxygens (including phenoxy) is 1. The average molecular weight is 433 g/mol. The second kappa shape index (κ2) is 8.90. The van der Waals surface area contributed by atoms with E-state index in [0.29, 0.717) is 28.7 Å². The molecule has 3 N–H and O–H groups in total. The van der Waals surface area contributed by atoms with Gasteiger partial charge in [-0.15, -0.1) is 0 Å². The van der Waals surface area contributed by atoms with Crippen LogP contribution in [0.15, 0.2) is 23.0 Å². The summed E-state index contributed by atoms with van der Waals surface area (Å²) in [6.07, 6.45) is 0. The highest BCUT2D eigenvalue weighted by Crippen LogP contribution is 2.23. The molecule has 144 valence electrons. The summed E-state index contributed by atoms with van der Waals surface area (Å²) in [7, 11) is 0. The molecule has 0 radical (unpaired) electrons. The van der Waals surface area contributed by atoms with Gasteiger partial charge in [-0.2, -0.15) is 5.10 Å². The van der Waals surface area contributed by atoms with Crippen molar-refractivity contribution in [1.29, 1.82) is 0 Å². The van der Waals surface area contributed by atoms with Crippen LogP contribution in [0, 0.1) is 0 Å². The Balaban J connectivity index is 1.78. The van der Waals surface area contributed by atoms with E-state index in [1.54, 1.807) is 12.1 Å². The van der Waals surface area contributed by atoms with Gasteiger partial charge in [0.05, 0.1) is 36.4 Å². The van der Waals surface area contributed by atoms with Crippen LogP contribution in [-0.4, -0.2) is 44.7 Å². The molecule has 0 spiro atoms. The minimum Gasteiger partial charge on any atom is -0.394 e. The number of hydrogen-bond donors (Lipinski definition) is 3. The number of benzene rings is 1. The van der Waals surface area contributed by atoms with Crippen LogP contribution in [-0.2, 0) is 17.8 Å². The van der Waals surface area contributed by atoms with E-state index in [0.717, 1.165) is 5.56 Å². The van der Waals surface area contributed by atoms with Gasteiger partial charge in [0.2, 0.25) is 5.95 Å². The molecule has 0 fully saturated rings. The van der Waals surface area contributed by atoms with Crippen LogP contribution >= 0.6 is 34.8 Å². The van der Waals surface area contributed by atoms with E-state index in [1.165, 1.54) is 4.68 Å². The quantitative estimate of drug-likeness (QED) is 0.473. The van der Waals surface area contributed by atoms with Crippen LogP contribution in [0.3, 0.4) is 0 Å². The molecule has 2 heterocycles. The second-order valence-electron chi connectivity index (χ2n) is 5.56. The molecule has 0 saturated heterocycles. The maximum absolute atomic E-state index is 12.5. The topological polar surface area (TPSA) is 105 Å². The van der Waals surface area contributed by atoms with E-state index in [2.05, 4.69) is 20.4 Å². The van der Waals surface area contributed by atoms with Crippen molar-refractivity contribution in [1.82, 2.24) is 19.7 Å². The van der Waals surface area contributed by atoms with Crippen molar-refractivity contribution in [2.24, 2.45) is 0 Å². The van der Waals surface area contributed by atoms with E-state index in [1.807, 2.05) is 6.07 Å². The smallest absolute Gasteiger partial charge is 0.278 e. The summed E-state index contributed by atoms with van der Waals surface area (Å²) in [5.74, 6) is 0.261. The minimum absolute atomic E-state index is 0.0728. The second-order valence-corrected chi connectivity index (χ2v) is 6.74. The molecule has 11 heteroatoms. The van der Waals surface area contributed by atoms with E-state index in [4.69, 9.17) is 44.6 Å². The van der Waals surface area contributed by atoms with Gasteiger partial charge in [0.25, 0.3) is 5.56 Å². The first-order valence-electron chi connectivity index (χ1n) is 8.02. The largest absolute Gasteiger partial charge is 0.394 e.